The van der Waals surface area contributed by atoms with Crippen LogP contribution in [0.25, 0.3) is 0 Å². The molecule has 1 atom stereocenters. The summed E-state index contributed by atoms with van der Waals surface area (Å²) in [7, 11) is 0. The molecule has 0 aliphatic carbocycles. The van der Waals surface area contributed by atoms with Crippen molar-refractivity contribution >= 4 is 5.96 Å². The van der Waals surface area contributed by atoms with Gasteiger partial charge < -0.3 is 20.1 Å². The standard InChI is InChI=1S/C20H33N3O2/c1-5-21-19(22-13-9-10-14-24-6-2)23-17-15-20(3,4)25-18-12-8-7-11-16(17)18/h7-8,11-12,17H,5-6,9-10,13-15H2,1-4H3,(H2,21,22,23). The van der Waals surface area contributed by atoms with Crippen LogP contribution in [0.1, 0.15) is 58.6 Å². The van der Waals surface area contributed by atoms with Crippen molar-refractivity contribution in [3.05, 3.63) is 29.8 Å². The molecule has 140 valence electrons. The highest BCUT2D eigenvalue weighted by Gasteiger charge is 2.33. The van der Waals surface area contributed by atoms with Crippen molar-refractivity contribution in [2.24, 2.45) is 4.99 Å². The number of hydrogen-bond acceptors (Lipinski definition) is 3. The van der Waals surface area contributed by atoms with Crippen LogP contribution in [0, 0.1) is 0 Å². The van der Waals surface area contributed by atoms with Gasteiger partial charge in [0.15, 0.2) is 5.96 Å². The van der Waals surface area contributed by atoms with Gasteiger partial charge in [-0.1, -0.05) is 18.2 Å². The smallest absolute Gasteiger partial charge is 0.191 e. The van der Waals surface area contributed by atoms with E-state index in [4.69, 9.17) is 14.5 Å². The Hall–Kier alpha value is -1.75. The molecule has 5 nitrogen and oxygen atoms in total. The highest BCUT2D eigenvalue weighted by molar-refractivity contribution is 5.80. The molecule has 0 aromatic heterocycles. The van der Waals surface area contributed by atoms with Gasteiger partial charge in [0, 0.05) is 38.3 Å². The molecule has 0 saturated heterocycles. The molecular formula is C20H33N3O2. The summed E-state index contributed by atoms with van der Waals surface area (Å²) >= 11 is 0. The minimum absolute atomic E-state index is 0.194. The third kappa shape index (κ3) is 6.24. The molecule has 0 bridgehead atoms. The number of rotatable bonds is 8. The van der Waals surface area contributed by atoms with Crippen molar-refractivity contribution in [1.29, 1.82) is 0 Å². The number of ether oxygens (including phenoxy) is 2. The number of unbranched alkanes of at least 4 members (excludes halogenated alkanes) is 1. The monoisotopic (exact) mass is 347 g/mol. The highest BCUT2D eigenvalue weighted by atomic mass is 16.5. The fourth-order valence-electron chi connectivity index (χ4n) is 3.07. The number of para-hydroxylation sites is 1. The van der Waals surface area contributed by atoms with E-state index in [0.717, 1.165) is 57.3 Å². The first-order valence-electron chi connectivity index (χ1n) is 9.46. The second-order valence-corrected chi connectivity index (χ2v) is 6.97. The summed E-state index contributed by atoms with van der Waals surface area (Å²) in [5, 5.41) is 6.96. The third-order valence-corrected chi connectivity index (χ3v) is 4.20. The lowest BCUT2D eigenvalue weighted by atomic mass is 9.90. The van der Waals surface area contributed by atoms with Crippen LogP contribution in [0.5, 0.6) is 5.75 Å². The predicted molar refractivity (Wildman–Crippen MR) is 103 cm³/mol. The van der Waals surface area contributed by atoms with Crippen molar-refractivity contribution < 1.29 is 9.47 Å². The summed E-state index contributed by atoms with van der Waals surface area (Å²) in [4.78, 5) is 4.72. The van der Waals surface area contributed by atoms with E-state index in [1.165, 1.54) is 5.56 Å². The Balaban J connectivity index is 2.00. The van der Waals surface area contributed by atoms with Crippen LogP contribution in [0.3, 0.4) is 0 Å². The molecular weight excluding hydrogens is 314 g/mol. The maximum Gasteiger partial charge on any atom is 0.191 e. The molecule has 1 aromatic rings. The van der Waals surface area contributed by atoms with Crippen LogP contribution in [-0.4, -0.2) is 37.9 Å². The number of nitrogens with one attached hydrogen (secondary N) is 2. The van der Waals surface area contributed by atoms with Crippen LogP contribution in [0.2, 0.25) is 0 Å². The predicted octanol–water partition coefficient (Wildman–Crippen LogP) is 3.66. The van der Waals surface area contributed by atoms with Gasteiger partial charge in [-0.15, -0.1) is 0 Å². The van der Waals surface area contributed by atoms with E-state index in [-0.39, 0.29) is 11.6 Å². The summed E-state index contributed by atoms with van der Waals surface area (Å²) in [5.74, 6) is 1.83. The Kier molecular flexibility index (Phi) is 7.56. The number of benzene rings is 1. The Morgan fingerprint density at radius 1 is 1.28 bits per heavy atom. The van der Waals surface area contributed by atoms with Crippen LogP contribution in [0.4, 0.5) is 0 Å². The van der Waals surface area contributed by atoms with E-state index in [2.05, 4.69) is 43.5 Å². The lowest BCUT2D eigenvalue weighted by Gasteiger charge is -2.38. The van der Waals surface area contributed by atoms with Gasteiger partial charge in [0.25, 0.3) is 0 Å². The minimum atomic E-state index is -0.194. The molecule has 25 heavy (non-hydrogen) atoms. The number of nitrogens with zero attached hydrogens (tertiary/aromatic N) is 1. The molecule has 1 unspecified atom stereocenters. The summed E-state index contributed by atoms with van der Waals surface area (Å²) in [6.45, 7) is 11.6. The maximum absolute atomic E-state index is 6.11. The zero-order chi connectivity index (χ0) is 18.1. The van der Waals surface area contributed by atoms with Crippen molar-refractivity contribution in [3.63, 3.8) is 0 Å². The molecule has 5 heteroatoms. The third-order valence-electron chi connectivity index (χ3n) is 4.20. The topological polar surface area (TPSA) is 54.9 Å². The van der Waals surface area contributed by atoms with E-state index in [1.54, 1.807) is 0 Å². The van der Waals surface area contributed by atoms with Crippen molar-refractivity contribution in [3.8, 4) is 5.75 Å². The molecule has 0 amide bonds. The fourth-order valence-corrected chi connectivity index (χ4v) is 3.07. The largest absolute Gasteiger partial charge is 0.487 e. The first-order chi connectivity index (χ1) is 12.1. The molecule has 1 aliphatic rings. The number of aliphatic imine (C=N–C) groups is 1. The van der Waals surface area contributed by atoms with Gasteiger partial charge in [-0.25, -0.2) is 0 Å². The Morgan fingerprint density at radius 3 is 2.84 bits per heavy atom. The van der Waals surface area contributed by atoms with Gasteiger partial charge in [-0.05, 0) is 46.6 Å². The summed E-state index contributed by atoms with van der Waals surface area (Å²) in [5.41, 5.74) is 1.00. The van der Waals surface area contributed by atoms with E-state index >= 15 is 0 Å². The molecule has 1 heterocycles. The quantitative estimate of drug-likeness (QED) is 0.428. The molecule has 2 N–H and O–H groups in total. The SMILES string of the molecule is CCNC(=NCCCCOCC)NC1CC(C)(C)Oc2ccccc21. The Labute approximate surface area is 152 Å². The second kappa shape index (κ2) is 9.66. The van der Waals surface area contributed by atoms with E-state index in [9.17, 15) is 0 Å². The number of guanidine groups is 1. The number of hydrogen-bond donors (Lipinski definition) is 2. The van der Waals surface area contributed by atoms with Gasteiger partial charge in [0.1, 0.15) is 11.4 Å². The minimum Gasteiger partial charge on any atom is -0.487 e. The maximum atomic E-state index is 6.11. The Bertz CT molecular complexity index is 558. The van der Waals surface area contributed by atoms with Gasteiger partial charge in [0.2, 0.25) is 0 Å². The average Bonchev–Trinajstić information content (AvgIpc) is 2.57. The lowest BCUT2D eigenvalue weighted by molar-refractivity contribution is 0.0694. The van der Waals surface area contributed by atoms with Gasteiger partial charge in [0.05, 0.1) is 6.04 Å². The molecule has 0 radical (unpaired) electrons. The zero-order valence-electron chi connectivity index (χ0n) is 16.1. The highest BCUT2D eigenvalue weighted by Crippen LogP contribution is 2.39. The molecule has 2 rings (SSSR count). The zero-order valence-corrected chi connectivity index (χ0v) is 16.1. The van der Waals surface area contributed by atoms with Crippen LogP contribution < -0.4 is 15.4 Å². The van der Waals surface area contributed by atoms with E-state index < -0.39 is 0 Å². The normalized spacial score (nSPS) is 19.0. The lowest BCUT2D eigenvalue weighted by Crippen LogP contribution is -2.45. The first-order valence-corrected chi connectivity index (χ1v) is 9.46. The molecule has 1 aromatic carbocycles. The van der Waals surface area contributed by atoms with Gasteiger partial charge in [-0.3, -0.25) is 4.99 Å². The van der Waals surface area contributed by atoms with Gasteiger partial charge >= 0.3 is 0 Å². The molecule has 0 spiro atoms. The molecule has 1 aliphatic heterocycles. The molecule has 0 saturated carbocycles. The van der Waals surface area contributed by atoms with Crippen LogP contribution >= 0.6 is 0 Å². The van der Waals surface area contributed by atoms with E-state index in [1.807, 2.05) is 19.1 Å². The molecule has 0 fully saturated rings. The fraction of sp³-hybridized carbons (Fsp3) is 0.650. The summed E-state index contributed by atoms with van der Waals surface area (Å²) in [6.07, 6.45) is 2.98. The van der Waals surface area contributed by atoms with Crippen molar-refractivity contribution in [2.75, 3.05) is 26.3 Å². The second-order valence-electron chi connectivity index (χ2n) is 6.97. The Morgan fingerprint density at radius 2 is 2.08 bits per heavy atom. The van der Waals surface area contributed by atoms with Crippen LogP contribution in [0.15, 0.2) is 29.3 Å². The summed E-state index contributed by atoms with van der Waals surface area (Å²) in [6, 6.07) is 8.46. The average molecular weight is 348 g/mol. The van der Waals surface area contributed by atoms with Crippen molar-refractivity contribution in [2.45, 2.75) is 58.6 Å². The summed E-state index contributed by atoms with van der Waals surface area (Å²) < 4.78 is 11.5. The van der Waals surface area contributed by atoms with E-state index in [0.29, 0.717) is 0 Å². The number of fused-ring (bicyclic) bond motifs is 1. The van der Waals surface area contributed by atoms with Crippen molar-refractivity contribution in [1.82, 2.24) is 10.6 Å². The van der Waals surface area contributed by atoms with Crippen LogP contribution in [-0.2, 0) is 4.74 Å². The first kappa shape index (κ1) is 19.6. The van der Waals surface area contributed by atoms with Gasteiger partial charge in [-0.2, -0.15) is 0 Å².